The molecule has 4 unspecified atom stereocenters. The van der Waals surface area contributed by atoms with Gasteiger partial charge in [-0.2, -0.15) is 0 Å². The van der Waals surface area contributed by atoms with Crippen LogP contribution in [0.15, 0.2) is 12.2 Å². The predicted molar refractivity (Wildman–Crippen MR) is 32.0 cm³/mol. The summed E-state index contributed by atoms with van der Waals surface area (Å²) in [4.78, 5) is 0. The normalized spacial score (nSPS) is 64.0. The molecule has 0 heterocycles. The summed E-state index contributed by atoms with van der Waals surface area (Å²) in [5, 5.41) is 0. The Balaban J connectivity index is 2.15. The first-order valence-corrected chi connectivity index (χ1v) is 3.48. The Bertz CT molecular complexity index is 141. The fourth-order valence-electron chi connectivity index (χ4n) is 2.38. The number of hydrogen-bond acceptors (Lipinski definition) is 0. The molecule has 0 spiro atoms. The van der Waals surface area contributed by atoms with Crippen LogP contribution in [0, 0.1) is 30.1 Å². The van der Waals surface area contributed by atoms with Crippen LogP contribution in [0.4, 0.5) is 0 Å². The summed E-state index contributed by atoms with van der Waals surface area (Å²) in [6, 6.07) is 0. The van der Waals surface area contributed by atoms with Gasteiger partial charge in [-0.05, 0) is 36.5 Å². The Labute approximate surface area is 49.6 Å². The molecule has 4 rings (SSSR count). The third kappa shape index (κ3) is 0.249. The maximum absolute atomic E-state index is 2.54. The summed E-state index contributed by atoms with van der Waals surface area (Å²) in [5.74, 6) is 4.02. The van der Waals surface area contributed by atoms with Gasteiger partial charge in [0.25, 0.3) is 0 Å². The highest BCUT2D eigenvalue weighted by Crippen LogP contribution is 2.62. The Morgan fingerprint density at radius 3 is 2.38 bits per heavy atom. The van der Waals surface area contributed by atoms with Gasteiger partial charge in [-0.1, -0.05) is 12.2 Å². The second-order valence-corrected chi connectivity index (χ2v) is 3.30. The van der Waals surface area contributed by atoms with Gasteiger partial charge >= 0.3 is 0 Å². The molecule has 0 aromatic heterocycles. The highest BCUT2D eigenvalue weighted by molar-refractivity contribution is 5.28. The van der Waals surface area contributed by atoms with Crippen molar-refractivity contribution in [2.75, 3.05) is 0 Å². The van der Waals surface area contributed by atoms with Gasteiger partial charge in [-0.15, -0.1) is 0 Å². The lowest BCUT2D eigenvalue weighted by Gasteiger charge is -2.12. The Hall–Kier alpha value is -0.260. The predicted octanol–water partition coefficient (Wildman–Crippen LogP) is 1.64. The van der Waals surface area contributed by atoms with Crippen LogP contribution in [0.3, 0.4) is 0 Å². The zero-order valence-electron chi connectivity index (χ0n) is 4.75. The van der Waals surface area contributed by atoms with Crippen LogP contribution >= 0.6 is 0 Å². The molecule has 4 bridgehead atoms. The first-order chi connectivity index (χ1) is 3.95. The molecule has 0 amide bonds. The summed E-state index contributed by atoms with van der Waals surface area (Å²) in [6.07, 6.45) is 8.81. The molecule has 2 saturated carbocycles. The van der Waals surface area contributed by atoms with E-state index in [4.69, 9.17) is 0 Å². The summed E-state index contributed by atoms with van der Waals surface area (Å²) in [7, 11) is 0. The van der Waals surface area contributed by atoms with E-state index in [0.717, 1.165) is 23.7 Å². The minimum atomic E-state index is 0.884. The first kappa shape index (κ1) is 3.71. The molecular formula is C8H9. The zero-order chi connectivity index (χ0) is 5.14. The van der Waals surface area contributed by atoms with Crippen LogP contribution < -0.4 is 0 Å². The molecule has 4 atom stereocenters. The minimum absolute atomic E-state index is 0.884. The monoisotopic (exact) mass is 105 g/mol. The van der Waals surface area contributed by atoms with Crippen LogP contribution in [-0.2, 0) is 0 Å². The van der Waals surface area contributed by atoms with E-state index in [1.807, 2.05) is 0 Å². The summed E-state index contributed by atoms with van der Waals surface area (Å²) in [5.41, 5.74) is 0. The molecule has 0 nitrogen and oxygen atoms in total. The van der Waals surface area contributed by atoms with Crippen molar-refractivity contribution in [3.05, 3.63) is 18.6 Å². The standard InChI is InChI=1S/C8H9/c1-2-6-7-3-5(1)4-8(6)7/h1-3,5-8H,4H2. The lowest BCUT2D eigenvalue weighted by molar-refractivity contribution is 0.595. The maximum atomic E-state index is 2.54. The van der Waals surface area contributed by atoms with E-state index >= 15 is 0 Å². The Kier molecular flexibility index (Phi) is 0.415. The van der Waals surface area contributed by atoms with E-state index in [9.17, 15) is 0 Å². The zero-order valence-corrected chi connectivity index (χ0v) is 4.75. The molecule has 8 heavy (non-hydrogen) atoms. The lowest BCUT2D eigenvalue weighted by atomic mass is 9.93. The van der Waals surface area contributed by atoms with E-state index < -0.39 is 0 Å². The van der Waals surface area contributed by atoms with Crippen molar-refractivity contribution in [3.8, 4) is 0 Å². The molecule has 1 radical (unpaired) electrons. The SMILES string of the molecule is [CH]1C2C=CC3C1C3C2. The van der Waals surface area contributed by atoms with Crippen molar-refractivity contribution in [2.45, 2.75) is 6.42 Å². The second-order valence-electron chi connectivity index (χ2n) is 3.30. The molecule has 4 aliphatic carbocycles. The van der Waals surface area contributed by atoms with Crippen LogP contribution in [0.2, 0.25) is 0 Å². The molecule has 2 fully saturated rings. The molecular weight excluding hydrogens is 96.1 g/mol. The first-order valence-electron chi connectivity index (χ1n) is 3.48. The molecule has 0 aromatic rings. The van der Waals surface area contributed by atoms with Gasteiger partial charge in [0.05, 0.1) is 0 Å². The topological polar surface area (TPSA) is 0 Å². The highest BCUT2D eigenvalue weighted by atomic mass is 14.6. The van der Waals surface area contributed by atoms with E-state index in [2.05, 4.69) is 18.6 Å². The number of rotatable bonds is 0. The van der Waals surface area contributed by atoms with Crippen molar-refractivity contribution in [1.82, 2.24) is 0 Å². The largest absolute Gasteiger partial charge is 0.0848 e. The van der Waals surface area contributed by atoms with Crippen LogP contribution in [0.5, 0.6) is 0 Å². The van der Waals surface area contributed by atoms with Gasteiger partial charge in [0.1, 0.15) is 0 Å². The minimum Gasteiger partial charge on any atom is -0.0848 e. The molecule has 0 heteroatoms. The molecule has 4 aliphatic rings. The van der Waals surface area contributed by atoms with Gasteiger partial charge in [-0.3, -0.25) is 0 Å². The van der Waals surface area contributed by atoms with E-state index in [1.54, 1.807) is 0 Å². The number of hydrogen-bond donors (Lipinski definition) is 0. The molecule has 0 saturated heterocycles. The second kappa shape index (κ2) is 0.896. The highest BCUT2D eigenvalue weighted by Gasteiger charge is 2.56. The van der Waals surface area contributed by atoms with Crippen LogP contribution in [0.25, 0.3) is 0 Å². The van der Waals surface area contributed by atoms with E-state index in [1.165, 1.54) is 6.42 Å². The van der Waals surface area contributed by atoms with Crippen LogP contribution in [-0.4, -0.2) is 0 Å². The smallest absolute Gasteiger partial charge is 0.0168 e. The average molecular weight is 105 g/mol. The maximum Gasteiger partial charge on any atom is -0.0168 e. The van der Waals surface area contributed by atoms with Crippen LogP contribution in [0.1, 0.15) is 6.42 Å². The summed E-state index contributed by atoms with van der Waals surface area (Å²) >= 11 is 0. The van der Waals surface area contributed by atoms with Crippen molar-refractivity contribution >= 4 is 0 Å². The van der Waals surface area contributed by atoms with Crippen molar-refractivity contribution in [1.29, 1.82) is 0 Å². The van der Waals surface area contributed by atoms with Crippen molar-refractivity contribution < 1.29 is 0 Å². The van der Waals surface area contributed by atoms with E-state index in [-0.39, 0.29) is 0 Å². The fourth-order valence-corrected chi connectivity index (χ4v) is 2.38. The Morgan fingerprint density at radius 1 is 1.12 bits per heavy atom. The number of allylic oxidation sites excluding steroid dienone is 2. The summed E-state index contributed by atoms with van der Waals surface area (Å²) in [6.45, 7) is 0. The fraction of sp³-hybridized carbons (Fsp3) is 0.625. The van der Waals surface area contributed by atoms with E-state index in [0.29, 0.717) is 0 Å². The third-order valence-corrected chi connectivity index (χ3v) is 2.89. The quantitative estimate of drug-likeness (QED) is 0.411. The van der Waals surface area contributed by atoms with Gasteiger partial charge in [0.2, 0.25) is 0 Å². The molecule has 0 aliphatic heterocycles. The van der Waals surface area contributed by atoms with Crippen molar-refractivity contribution in [2.24, 2.45) is 23.7 Å². The van der Waals surface area contributed by atoms with Gasteiger partial charge in [0, 0.05) is 0 Å². The summed E-state index contributed by atoms with van der Waals surface area (Å²) < 4.78 is 0. The molecule has 0 N–H and O–H groups in total. The van der Waals surface area contributed by atoms with Crippen molar-refractivity contribution in [3.63, 3.8) is 0 Å². The average Bonchev–Trinajstić information content (AvgIpc) is 2.38. The third-order valence-electron chi connectivity index (χ3n) is 2.89. The molecule has 41 valence electrons. The molecule has 0 aromatic carbocycles. The van der Waals surface area contributed by atoms with Gasteiger partial charge < -0.3 is 0 Å². The van der Waals surface area contributed by atoms with Gasteiger partial charge in [0.15, 0.2) is 0 Å². The van der Waals surface area contributed by atoms with Gasteiger partial charge in [-0.25, -0.2) is 0 Å². The Morgan fingerprint density at radius 2 is 2.12 bits per heavy atom. The lowest BCUT2D eigenvalue weighted by Crippen LogP contribution is -2.02.